The summed E-state index contributed by atoms with van der Waals surface area (Å²) in [4.78, 5) is 0. The maximum absolute atomic E-state index is 9.10. The zero-order valence-electron chi connectivity index (χ0n) is 6.12. The molecule has 0 aliphatic rings. The van der Waals surface area contributed by atoms with E-state index >= 15 is 0 Å². The molecule has 60 valence electrons. The number of hydrogen-bond donors (Lipinski definition) is 2. The molecule has 1 aromatic carbocycles. The summed E-state index contributed by atoms with van der Waals surface area (Å²) in [6.45, 7) is 0. The number of thiocarbonyl (C=S) groups is 1. The molecular weight excluding hydrogens is 249 g/mol. The Morgan fingerprint density at radius 3 is 2.42 bits per heavy atom. The van der Waals surface area contributed by atoms with Gasteiger partial charge in [-0.2, -0.15) is 0 Å². The van der Waals surface area contributed by atoms with Crippen LogP contribution in [0.15, 0.2) is 18.2 Å². The van der Waals surface area contributed by atoms with Gasteiger partial charge in [-0.25, -0.2) is 0 Å². The normalized spacial score (nSPS) is 8.75. The second kappa shape index (κ2) is 4.75. The Morgan fingerprint density at radius 2 is 2.00 bits per heavy atom. The van der Waals surface area contributed by atoms with Crippen molar-refractivity contribution < 1.29 is 29.7 Å². The Balaban J connectivity index is 0.00000121. The average molecular weight is 254 g/mol. The molecule has 0 aromatic heterocycles. The van der Waals surface area contributed by atoms with E-state index in [0.717, 1.165) is 0 Å². The fraction of sp³-hybridized carbons (Fsp3) is 0. The van der Waals surface area contributed by atoms with Crippen molar-refractivity contribution in [3.8, 4) is 5.75 Å². The summed E-state index contributed by atoms with van der Waals surface area (Å²) in [6, 6.07) is 4.29. The van der Waals surface area contributed by atoms with E-state index in [2.05, 4.69) is 12.2 Å². The molecule has 0 bridgehead atoms. The molecule has 2 nitrogen and oxygen atoms in total. The van der Waals surface area contributed by atoms with E-state index in [1.165, 1.54) is 18.2 Å². The fourth-order valence-corrected chi connectivity index (χ4v) is 1.02. The van der Waals surface area contributed by atoms with Crippen molar-refractivity contribution >= 4 is 28.9 Å². The quantitative estimate of drug-likeness (QED) is 0.596. The maximum Gasteiger partial charge on any atom is 0.192 e. The topological polar surface area (TPSA) is 40.5 Å². The molecule has 0 spiro atoms. The Morgan fingerprint density at radius 1 is 1.42 bits per heavy atom. The first-order valence-corrected chi connectivity index (χ1v) is 3.61. The first-order valence-electron chi connectivity index (χ1n) is 2.83. The van der Waals surface area contributed by atoms with Gasteiger partial charge in [0.2, 0.25) is 0 Å². The van der Waals surface area contributed by atoms with Crippen molar-refractivity contribution in [1.29, 1.82) is 0 Å². The Bertz CT molecular complexity index is 303. The predicted molar refractivity (Wildman–Crippen MR) is 47.4 cm³/mol. The van der Waals surface area contributed by atoms with Crippen molar-refractivity contribution in [2.45, 2.75) is 0 Å². The van der Waals surface area contributed by atoms with Crippen LogP contribution in [0, 0.1) is 0 Å². The number of aliphatic hydroxyl groups is 1. The van der Waals surface area contributed by atoms with E-state index in [-0.39, 0.29) is 35.8 Å². The molecule has 0 radical (unpaired) electrons. The van der Waals surface area contributed by atoms with E-state index in [0.29, 0.717) is 5.02 Å². The summed E-state index contributed by atoms with van der Waals surface area (Å²) >= 11 is 10.0. The molecule has 5 heteroatoms. The number of aliphatic hydroxyl groups excluding tert-OH is 1. The molecule has 0 aliphatic carbocycles. The van der Waals surface area contributed by atoms with Crippen LogP contribution < -0.4 is 0 Å². The second-order valence-corrected chi connectivity index (χ2v) is 2.79. The molecule has 0 heterocycles. The summed E-state index contributed by atoms with van der Waals surface area (Å²) in [5.74, 6) is -0.0677. The van der Waals surface area contributed by atoms with E-state index < -0.39 is 0 Å². The molecule has 0 atom stereocenters. The van der Waals surface area contributed by atoms with Crippen LogP contribution in [0.25, 0.3) is 0 Å². The number of rotatable bonds is 1. The van der Waals surface area contributed by atoms with Crippen LogP contribution in [-0.2, 0) is 19.5 Å². The minimum absolute atomic E-state index is 0. The standard InChI is InChI=1S/C7H5ClO2S.Zn/c8-4-1-2-6(9)5(3-4)7(10)11;/h1-3,9H,(H,10,11);. The van der Waals surface area contributed by atoms with Crippen LogP contribution in [0.5, 0.6) is 5.75 Å². The number of phenols is 1. The molecule has 0 unspecified atom stereocenters. The number of benzene rings is 1. The molecule has 1 aromatic rings. The van der Waals surface area contributed by atoms with Crippen LogP contribution in [0.2, 0.25) is 5.02 Å². The predicted octanol–water partition coefficient (Wildman–Crippen LogP) is 2.28. The number of hydrogen-bond acceptors (Lipinski definition) is 2. The van der Waals surface area contributed by atoms with E-state index in [9.17, 15) is 0 Å². The van der Waals surface area contributed by atoms with Gasteiger partial charge in [0, 0.05) is 24.5 Å². The molecule has 0 fully saturated rings. The zero-order chi connectivity index (χ0) is 8.43. The van der Waals surface area contributed by atoms with Crippen LogP contribution >= 0.6 is 23.8 Å². The van der Waals surface area contributed by atoms with Gasteiger partial charge in [0.1, 0.15) is 5.75 Å². The van der Waals surface area contributed by atoms with Crippen LogP contribution in [-0.4, -0.2) is 15.3 Å². The first kappa shape index (κ1) is 11.8. The van der Waals surface area contributed by atoms with Crippen LogP contribution in [0.4, 0.5) is 0 Å². The van der Waals surface area contributed by atoms with Crippen molar-refractivity contribution in [2.75, 3.05) is 0 Å². The van der Waals surface area contributed by atoms with Gasteiger partial charge >= 0.3 is 0 Å². The molecule has 0 saturated heterocycles. The van der Waals surface area contributed by atoms with Crippen molar-refractivity contribution in [3.05, 3.63) is 28.8 Å². The van der Waals surface area contributed by atoms with Gasteiger partial charge in [0.25, 0.3) is 0 Å². The van der Waals surface area contributed by atoms with Gasteiger partial charge in [-0.1, -0.05) is 11.6 Å². The van der Waals surface area contributed by atoms with Gasteiger partial charge in [-0.15, -0.1) is 0 Å². The smallest absolute Gasteiger partial charge is 0.192 e. The number of aromatic hydroxyl groups is 1. The summed E-state index contributed by atoms with van der Waals surface area (Å²) in [5.41, 5.74) is 0.188. The minimum atomic E-state index is -0.356. The van der Waals surface area contributed by atoms with Crippen molar-refractivity contribution in [1.82, 2.24) is 0 Å². The van der Waals surface area contributed by atoms with Gasteiger partial charge in [0.15, 0.2) is 5.05 Å². The fourth-order valence-electron chi connectivity index (χ4n) is 0.680. The molecule has 0 saturated carbocycles. The Hall–Kier alpha value is -0.177. The van der Waals surface area contributed by atoms with Gasteiger partial charge in [-0.05, 0) is 30.4 Å². The van der Waals surface area contributed by atoms with Crippen LogP contribution in [0.3, 0.4) is 0 Å². The SMILES string of the molecule is OC(=S)c1cc(Cl)ccc1O.[Zn]. The number of halogens is 1. The largest absolute Gasteiger partial charge is 0.507 e. The zero-order valence-corrected chi connectivity index (χ0v) is 10.7. The first-order chi connectivity index (χ1) is 5.11. The van der Waals surface area contributed by atoms with E-state index in [4.69, 9.17) is 21.8 Å². The summed E-state index contributed by atoms with van der Waals surface area (Å²) < 4.78 is 0. The monoisotopic (exact) mass is 252 g/mol. The summed E-state index contributed by atoms with van der Waals surface area (Å²) in [6.07, 6.45) is 0. The third kappa shape index (κ3) is 2.70. The molecular formula is C7H5ClO2SZn. The molecule has 2 N–H and O–H groups in total. The maximum atomic E-state index is 9.10. The van der Waals surface area contributed by atoms with E-state index in [1.54, 1.807) is 0 Å². The minimum Gasteiger partial charge on any atom is -0.507 e. The molecule has 0 amide bonds. The Labute approximate surface area is 92.9 Å². The third-order valence-corrected chi connectivity index (χ3v) is 1.64. The molecule has 12 heavy (non-hydrogen) atoms. The average Bonchev–Trinajstić information content (AvgIpc) is 1.94. The Kier molecular flexibility index (Phi) is 4.68. The molecule has 0 aliphatic heterocycles. The number of phenolic OH excluding ortho intramolecular Hbond substituents is 1. The van der Waals surface area contributed by atoms with Crippen LogP contribution in [0.1, 0.15) is 5.56 Å². The van der Waals surface area contributed by atoms with E-state index in [1.807, 2.05) is 0 Å². The third-order valence-electron chi connectivity index (χ3n) is 1.19. The van der Waals surface area contributed by atoms with Gasteiger partial charge < -0.3 is 10.2 Å². The second-order valence-electron chi connectivity index (χ2n) is 1.97. The van der Waals surface area contributed by atoms with Crippen molar-refractivity contribution in [2.24, 2.45) is 0 Å². The van der Waals surface area contributed by atoms with Gasteiger partial charge in [-0.3, -0.25) is 0 Å². The summed E-state index contributed by atoms with van der Waals surface area (Å²) in [7, 11) is 0. The van der Waals surface area contributed by atoms with Crippen molar-refractivity contribution in [3.63, 3.8) is 0 Å². The molecule has 1 rings (SSSR count). The van der Waals surface area contributed by atoms with Gasteiger partial charge in [0.05, 0.1) is 5.56 Å². The summed E-state index contributed by atoms with van der Waals surface area (Å²) in [5, 5.41) is 18.0.